The molecule has 2 rings (SSSR count). The number of benzene rings is 1. The van der Waals surface area contributed by atoms with E-state index in [4.69, 9.17) is 14.2 Å². The molecule has 0 saturated heterocycles. The minimum atomic E-state index is -0.629. The molecular weight excluding hydrogens is 344 g/mol. The minimum Gasteiger partial charge on any atom is -0.493 e. The van der Waals surface area contributed by atoms with Crippen LogP contribution >= 0.6 is 11.8 Å². The van der Waals surface area contributed by atoms with Gasteiger partial charge in [-0.3, -0.25) is 0 Å². The lowest BCUT2D eigenvalue weighted by Crippen LogP contribution is -2.45. The van der Waals surface area contributed by atoms with E-state index < -0.39 is 12.0 Å². The first-order valence-electron chi connectivity index (χ1n) is 7.68. The van der Waals surface area contributed by atoms with Gasteiger partial charge in [0.2, 0.25) is 0 Å². The summed E-state index contributed by atoms with van der Waals surface area (Å²) in [6.07, 6.45) is 1.94. The van der Waals surface area contributed by atoms with Crippen molar-refractivity contribution in [2.24, 2.45) is 0 Å². The van der Waals surface area contributed by atoms with Crippen LogP contribution in [0.5, 0.6) is 11.5 Å². The van der Waals surface area contributed by atoms with Crippen LogP contribution in [-0.2, 0) is 9.53 Å². The molecule has 2 N–H and O–H groups in total. The SMILES string of the molecule is COc1ccc(C2NC(=O)NC(C)=C2C(=O)OCCSC)cc1OC. The number of carbonyl (C=O) groups is 2. The molecule has 136 valence electrons. The molecule has 1 aromatic rings. The zero-order chi connectivity index (χ0) is 18.4. The first-order chi connectivity index (χ1) is 12.0. The summed E-state index contributed by atoms with van der Waals surface area (Å²) in [6.45, 7) is 1.99. The Morgan fingerprint density at radius 2 is 1.96 bits per heavy atom. The number of amides is 2. The van der Waals surface area contributed by atoms with Gasteiger partial charge in [0.05, 0.1) is 25.8 Å². The van der Waals surface area contributed by atoms with Gasteiger partial charge in [-0.15, -0.1) is 0 Å². The van der Waals surface area contributed by atoms with Crippen LogP contribution < -0.4 is 20.1 Å². The number of carbonyl (C=O) groups excluding carboxylic acids is 2. The van der Waals surface area contributed by atoms with Crippen molar-refractivity contribution in [3.8, 4) is 11.5 Å². The fourth-order valence-corrected chi connectivity index (χ4v) is 2.79. The molecule has 0 fully saturated rings. The third-order valence-electron chi connectivity index (χ3n) is 3.75. The fraction of sp³-hybridized carbons (Fsp3) is 0.412. The Balaban J connectivity index is 2.37. The van der Waals surface area contributed by atoms with E-state index in [1.54, 1.807) is 44.0 Å². The molecule has 1 atom stereocenters. The first-order valence-corrected chi connectivity index (χ1v) is 9.07. The third kappa shape index (κ3) is 4.39. The van der Waals surface area contributed by atoms with E-state index in [2.05, 4.69) is 10.6 Å². The van der Waals surface area contributed by atoms with Crippen molar-refractivity contribution < 1.29 is 23.8 Å². The van der Waals surface area contributed by atoms with Crippen molar-refractivity contribution in [3.63, 3.8) is 0 Å². The molecule has 25 heavy (non-hydrogen) atoms. The van der Waals surface area contributed by atoms with Crippen molar-refractivity contribution in [1.29, 1.82) is 0 Å². The van der Waals surface area contributed by atoms with Crippen molar-refractivity contribution in [2.45, 2.75) is 13.0 Å². The lowest BCUT2D eigenvalue weighted by molar-refractivity contribution is -0.138. The molecule has 1 aromatic carbocycles. The maximum absolute atomic E-state index is 12.5. The van der Waals surface area contributed by atoms with E-state index in [9.17, 15) is 9.59 Å². The zero-order valence-corrected chi connectivity index (χ0v) is 15.5. The predicted octanol–water partition coefficient (Wildman–Crippen LogP) is 2.24. The van der Waals surface area contributed by atoms with Crippen molar-refractivity contribution >= 4 is 23.8 Å². The number of ether oxygens (including phenoxy) is 3. The Kier molecular flexibility index (Phi) is 6.58. The first kappa shape index (κ1) is 19.0. The molecular formula is C17H22N2O5S. The molecule has 2 amide bonds. The van der Waals surface area contributed by atoms with Crippen molar-refractivity contribution in [2.75, 3.05) is 32.8 Å². The second-order valence-corrected chi connectivity index (χ2v) is 6.30. The molecule has 8 heteroatoms. The van der Waals surface area contributed by atoms with Crippen LogP contribution in [0.25, 0.3) is 0 Å². The highest BCUT2D eigenvalue weighted by molar-refractivity contribution is 7.98. The van der Waals surface area contributed by atoms with Crippen LogP contribution in [0.15, 0.2) is 29.5 Å². The van der Waals surface area contributed by atoms with Crippen LogP contribution in [0.3, 0.4) is 0 Å². The number of hydrogen-bond donors (Lipinski definition) is 2. The average Bonchev–Trinajstić information content (AvgIpc) is 2.60. The average molecular weight is 366 g/mol. The van der Waals surface area contributed by atoms with Gasteiger partial charge in [-0.25, -0.2) is 9.59 Å². The highest BCUT2D eigenvalue weighted by Gasteiger charge is 2.32. The van der Waals surface area contributed by atoms with Gasteiger partial charge < -0.3 is 24.8 Å². The van der Waals surface area contributed by atoms with E-state index >= 15 is 0 Å². The molecule has 0 saturated carbocycles. The van der Waals surface area contributed by atoms with Gasteiger partial charge in [0.1, 0.15) is 6.61 Å². The second-order valence-electron chi connectivity index (χ2n) is 5.31. The normalized spacial score (nSPS) is 16.8. The molecule has 1 unspecified atom stereocenters. The van der Waals surface area contributed by atoms with E-state index in [1.807, 2.05) is 6.26 Å². The predicted molar refractivity (Wildman–Crippen MR) is 96.0 cm³/mol. The van der Waals surface area contributed by atoms with Gasteiger partial charge in [0.15, 0.2) is 11.5 Å². The summed E-state index contributed by atoms with van der Waals surface area (Å²) < 4.78 is 15.9. The van der Waals surface area contributed by atoms with Crippen LogP contribution in [-0.4, -0.2) is 44.8 Å². The number of hydrogen-bond acceptors (Lipinski definition) is 6. The van der Waals surface area contributed by atoms with Crippen LogP contribution in [0.4, 0.5) is 4.79 Å². The number of allylic oxidation sites excluding steroid dienone is 1. The Hall–Kier alpha value is -2.35. The van der Waals surface area contributed by atoms with E-state index in [0.29, 0.717) is 40.7 Å². The molecule has 7 nitrogen and oxygen atoms in total. The summed E-state index contributed by atoms with van der Waals surface area (Å²) >= 11 is 1.59. The number of esters is 1. The highest BCUT2D eigenvalue weighted by Crippen LogP contribution is 2.34. The summed E-state index contributed by atoms with van der Waals surface area (Å²) in [4.78, 5) is 24.4. The summed E-state index contributed by atoms with van der Waals surface area (Å²) in [6, 6.07) is 4.24. The van der Waals surface area contributed by atoms with Gasteiger partial charge in [0.25, 0.3) is 0 Å². The lowest BCUT2D eigenvalue weighted by atomic mass is 9.95. The summed E-state index contributed by atoms with van der Waals surface area (Å²) in [7, 11) is 3.07. The molecule has 0 bridgehead atoms. The van der Waals surface area contributed by atoms with Gasteiger partial charge in [-0.1, -0.05) is 6.07 Å². The maximum atomic E-state index is 12.5. The molecule has 1 heterocycles. The second kappa shape index (κ2) is 8.66. The van der Waals surface area contributed by atoms with Gasteiger partial charge in [0, 0.05) is 11.4 Å². The molecule has 0 radical (unpaired) electrons. The van der Waals surface area contributed by atoms with Gasteiger partial charge in [-0.2, -0.15) is 11.8 Å². The summed E-state index contributed by atoms with van der Waals surface area (Å²) in [5.74, 6) is 1.33. The van der Waals surface area contributed by atoms with Gasteiger partial charge in [-0.05, 0) is 30.9 Å². The fourth-order valence-electron chi connectivity index (χ4n) is 2.54. The van der Waals surface area contributed by atoms with E-state index in [-0.39, 0.29) is 6.03 Å². The third-order valence-corrected chi connectivity index (χ3v) is 4.33. The Bertz CT molecular complexity index is 690. The van der Waals surface area contributed by atoms with Crippen LogP contribution in [0, 0.1) is 0 Å². The largest absolute Gasteiger partial charge is 0.493 e. The number of urea groups is 1. The molecule has 0 aliphatic carbocycles. The van der Waals surface area contributed by atoms with Crippen molar-refractivity contribution in [3.05, 3.63) is 35.0 Å². The molecule has 1 aliphatic rings. The molecule has 0 spiro atoms. The number of nitrogens with one attached hydrogen (secondary N) is 2. The highest BCUT2D eigenvalue weighted by atomic mass is 32.2. The van der Waals surface area contributed by atoms with Crippen molar-refractivity contribution in [1.82, 2.24) is 10.6 Å². The smallest absolute Gasteiger partial charge is 0.338 e. The Morgan fingerprint density at radius 1 is 1.24 bits per heavy atom. The standard InChI is InChI=1S/C17H22N2O5S/c1-10-14(16(20)24-7-8-25-4)15(19-17(21)18-10)11-5-6-12(22-2)13(9-11)23-3/h5-6,9,15H,7-8H2,1-4H3,(H2,18,19,21). The Morgan fingerprint density at radius 3 is 2.60 bits per heavy atom. The number of rotatable bonds is 7. The lowest BCUT2D eigenvalue weighted by Gasteiger charge is -2.28. The minimum absolute atomic E-state index is 0.309. The number of thioether (sulfide) groups is 1. The Labute approximate surface area is 151 Å². The number of methoxy groups -OCH3 is 2. The topological polar surface area (TPSA) is 85.9 Å². The van der Waals surface area contributed by atoms with Gasteiger partial charge >= 0.3 is 12.0 Å². The zero-order valence-electron chi connectivity index (χ0n) is 14.7. The van der Waals surface area contributed by atoms with E-state index in [0.717, 1.165) is 0 Å². The van der Waals surface area contributed by atoms with E-state index in [1.165, 1.54) is 7.11 Å². The molecule has 1 aliphatic heterocycles. The summed E-state index contributed by atoms with van der Waals surface area (Å²) in [5, 5.41) is 5.38. The molecule has 0 aromatic heterocycles. The van der Waals surface area contributed by atoms with Crippen LogP contribution in [0.1, 0.15) is 18.5 Å². The maximum Gasteiger partial charge on any atom is 0.338 e. The quantitative estimate of drug-likeness (QED) is 0.569. The van der Waals surface area contributed by atoms with Crippen LogP contribution in [0.2, 0.25) is 0 Å². The summed E-state index contributed by atoms with van der Waals surface area (Å²) in [5.41, 5.74) is 1.54. The monoisotopic (exact) mass is 366 g/mol.